The summed E-state index contributed by atoms with van der Waals surface area (Å²) in [5.74, 6) is 0. The van der Waals surface area contributed by atoms with Gasteiger partial charge in [-0.2, -0.15) is 0 Å². The molecule has 2 aliphatic rings. The second-order valence-electron chi connectivity index (χ2n) is 10.3. The Kier molecular flexibility index (Phi) is 7.79. The van der Waals surface area contributed by atoms with Gasteiger partial charge < -0.3 is 29.3 Å². The van der Waals surface area contributed by atoms with Crippen LogP contribution in [-0.2, 0) is 4.74 Å². The highest BCUT2D eigenvalue weighted by molar-refractivity contribution is 7.80. The molecule has 8 heteroatoms. The number of anilines is 1. The molecule has 0 spiro atoms. The SMILES string of the molecule is Cc1cc([C@@H]2[C@H](c3ccccn3)NC(=S)N2CCCN(C)C)c(C)n1-c1ccc(N2CCOCC2)cc1. The quantitative estimate of drug-likeness (QED) is 0.448. The maximum Gasteiger partial charge on any atom is 0.170 e. The fourth-order valence-electron chi connectivity index (χ4n) is 5.66. The number of hydrogen-bond acceptors (Lipinski definition) is 5. The molecule has 2 atom stereocenters. The molecule has 4 heterocycles. The van der Waals surface area contributed by atoms with E-state index in [1.165, 1.54) is 28.3 Å². The summed E-state index contributed by atoms with van der Waals surface area (Å²) in [4.78, 5) is 11.7. The zero-order valence-electron chi connectivity index (χ0n) is 22.4. The van der Waals surface area contributed by atoms with Gasteiger partial charge in [0.15, 0.2) is 5.11 Å². The molecular weight excluding hydrogens is 480 g/mol. The van der Waals surface area contributed by atoms with Crippen molar-refractivity contribution in [2.75, 3.05) is 58.4 Å². The van der Waals surface area contributed by atoms with E-state index in [0.717, 1.165) is 56.6 Å². The fraction of sp³-hybridized carbons (Fsp3) is 0.448. The van der Waals surface area contributed by atoms with E-state index in [-0.39, 0.29) is 12.1 Å². The van der Waals surface area contributed by atoms with Crippen LogP contribution in [0.3, 0.4) is 0 Å². The van der Waals surface area contributed by atoms with E-state index in [1.807, 2.05) is 12.3 Å². The van der Waals surface area contributed by atoms with E-state index in [9.17, 15) is 0 Å². The molecule has 37 heavy (non-hydrogen) atoms. The zero-order valence-corrected chi connectivity index (χ0v) is 23.2. The molecule has 0 radical (unpaired) electrons. The number of benzene rings is 1. The van der Waals surface area contributed by atoms with Crippen molar-refractivity contribution in [2.45, 2.75) is 32.4 Å². The highest BCUT2D eigenvalue weighted by atomic mass is 32.1. The van der Waals surface area contributed by atoms with Gasteiger partial charge in [0.2, 0.25) is 0 Å². The van der Waals surface area contributed by atoms with Gasteiger partial charge in [-0.15, -0.1) is 0 Å². The number of nitrogens with one attached hydrogen (secondary N) is 1. The number of thiocarbonyl (C=S) groups is 1. The molecule has 0 aliphatic carbocycles. The molecule has 0 amide bonds. The van der Waals surface area contributed by atoms with Crippen LogP contribution in [-0.4, -0.2) is 78.0 Å². The van der Waals surface area contributed by atoms with Gasteiger partial charge in [-0.1, -0.05) is 6.07 Å². The normalized spacial score (nSPS) is 20.1. The Morgan fingerprint density at radius 3 is 2.46 bits per heavy atom. The summed E-state index contributed by atoms with van der Waals surface area (Å²) in [6.45, 7) is 9.81. The number of hydrogen-bond donors (Lipinski definition) is 1. The van der Waals surface area contributed by atoms with Crippen LogP contribution >= 0.6 is 12.2 Å². The Morgan fingerprint density at radius 2 is 1.78 bits per heavy atom. The van der Waals surface area contributed by atoms with Crippen molar-refractivity contribution in [1.82, 2.24) is 24.7 Å². The molecule has 0 saturated carbocycles. The van der Waals surface area contributed by atoms with E-state index in [0.29, 0.717) is 0 Å². The van der Waals surface area contributed by atoms with Gasteiger partial charge in [0.25, 0.3) is 0 Å². The molecule has 196 valence electrons. The molecule has 0 unspecified atom stereocenters. The number of rotatable bonds is 8. The largest absolute Gasteiger partial charge is 0.378 e. The fourth-order valence-corrected chi connectivity index (χ4v) is 5.99. The number of nitrogens with zero attached hydrogens (tertiary/aromatic N) is 5. The van der Waals surface area contributed by atoms with Crippen LogP contribution in [0.5, 0.6) is 0 Å². The highest BCUT2D eigenvalue weighted by Crippen LogP contribution is 2.41. The standard InChI is InChI=1S/C29H38N6OS/c1-21-20-25(22(2)35(21)24-11-9-23(10-12-24)33-16-18-36-19-17-33)28-27(26-8-5-6-13-30-26)31-29(37)34(28)15-7-14-32(3)4/h5-6,8-13,20,27-28H,7,14-19H2,1-4H3,(H,31,37)/t27-,28+/m0/s1. The molecule has 7 nitrogen and oxygen atoms in total. The molecule has 2 aromatic heterocycles. The van der Waals surface area contributed by atoms with Crippen LogP contribution in [0.2, 0.25) is 0 Å². The summed E-state index contributed by atoms with van der Waals surface area (Å²) >= 11 is 5.88. The summed E-state index contributed by atoms with van der Waals surface area (Å²) in [5.41, 5.74) is 7.21. The molecule has 2 saturated heterocycles. The Bertz CT molecular complexity index is 1200. The van der Waals surface area contributed by atoms with Crippen LogP contribution in [0.25, 0.3) is 5.69 Å². The minimum absolute atomic E-state index is 0.00528. The van der Waals surface area contributed by atoms with Crippen LogP contribution in [0.1, 0.15) is 41.1 Å². The Balaban J connectivity index is 1.48. The van der Waals surface area contributed by atoms with Crippen LogP contribution < -0.4 is 10.2 Å². The third kappa shape index (κ3) is 5.37. The average Bonchev–Trinajstić information content (AvgIpc) is 3.39. The number of ether oxygens (including phenoxy) is 1. The van der Waals surface area contributed by atoms with Gasteiger partial charge in [-0.25, -0.2) is 0 Å². The molecule has 2 fully saturated rings. The Hall–Kier alpha value is -2.94. The average molecular weight is 519 g/mol. The summed E-state index contributed by atoms with van der Waals surface area (Å²) < 4.78 is 7.89. The topological polar surface area (TPSA) is 48.8 Å². The van der Waals surface area contributed by atoms with E-state index < -0.39 is 0 Å². The van der Waals surface area contributed by atoms with E-state index >= 15 is 0 Å². The van der Waals surface area contributed by atoms with Gasteiger partial charge in [-0.3, -0.25) is 4.98 Å². The third-order valence-electron chi connectivity index (χ3n) is 7.48. The summed E-state index contributed by atoms with van der Waals surface area (Å²) in [7, 11) is 4.24. The summed E-state index contributed by atoms with van der Waals surface area (Å²) in [5, 5.41) is 4.41. The molecule has 2 aliphatic heterocycles. The minimum Gasteiger partial charge on any atom is -0.378 e. The lowest BCUT2D eigenvalue weighted by Crippen LogP contribution is -2.36. The van der Waals surface area contributed by atoms with Crippen LogP contribution in [0, 0.1) is 13.8 Å². The maximum absolute atomic E-state index is 5.88. The Labute approximate surface area is 226 Å². The third-order valence-corrected chi connectivity index (χ3v) is 7.83. The molecule has 1 N–H and O–H groups in total. The van der Waals surface area contributed by atoms with Crippen molar-refractivity contribution in [1.29, 1.82) is 0 Å². The van der Waals surface area contributed by atoms with E-state index in [2.05, 4.69) is 95.0 Å². The van der Waals surface area contributed by atoms with Crippen LogP contribution in [0.15, 0.2) is 54.7 Å². The van der Waals surface area contributed by atoms with Gasteiger partial charge in [-0.05, 0) is 101 Å². The smallest absolute Gasteiger partial charge is 0.170 e. The molecular formula is C29H38N6OS. The van der Waals surface area contributed by atoms with Crippen molar-refractivity contribution >= 4 is 23.0 Å². The van der Waals surface area contributed by atoms with Gasteiger partial charge in [0, 0.05) is 48.6 Å². The monoisotopic (exact) mass is 518 g/mol. The van der Waals surface area contributed by atoms with Crippen molar-refractivity contribution in [3.8, 4) is 5.69 Å². The predicted molar refractivity (Wildman–Crippen MR) is 154 cm³/mol. The molecule has 0 bridgehead atoms. The molecule has 1 aromatic carbocycles. The van der Waals surface area contributed by atoms with Crippen molar-refractivity contribution < 1.29 is 4.74 Å². The van der Waals surface area contributed by atoms with Gasteiger partial charge in [0.05, 0.1) is 31.0 Å². The van der Waals surface area contributed by atoms with Gasteiger partial charge in [0.1, 0.15) is 0 Å². The first kappa shape index (κ1) is 25.7. The van der Waals surface area contributed by atoms with Crippen molar-refractivity contribution in [3.05, 3.63) is 77.4 Å². The summed E-state index contributed by atoms with van der Waals surface area (Å²) in [6.07, 6.45) is 2.91. The zero-order chi connectivity index (χ0) is 25.9. The molecule has 3 aromatic rings. The summed E-state index contributed by atoms with van der Waals surface area (Å²) in [6, 6.07) is 17.5. The minimum atomic E-state index is 0.00528. The van der Waals surface area contributed by atoms with Crippen molar-refractivity contribution in [3.63, 3.8) is 0 Å². The number of aromatic nitrogens is 2. The Morgan fingerprint density at radius 1 is 1.05 bits per heavy atom. The van der Waals surface area contributed by atoms with Gasteiger partial charge >= 0.3 is 0 Å². The lowest BCUT2D eigenvalue weighted by molar-refractivity contribution is 0.122. The lowest BCUT2D eigenvalue weighted by atomic mass is 9.96. The second kappa shape index (κ2) is 11.2. The highest BCUT2D eigenvalue weighted by Gasteiger charge is 2.41. The number of morpholine rings is 1. The number of aryl methyl sites for hydroxylation is 1. The first-order valence-corrected chi connectivity index (χ1v) is 13.6. The lowest BCUT2D eigenvalue weighted by Gasteiger charge is -2.29. The maximum atomic E-state index is 5.88. The predicted octanol–water partition coefficient (Wildman–Crippen LogP) is 4.25. The van der Waals surface area contributed by atoms with E-state index in [1.54, 1.807) is 0 Å². The first-order valence-electron chi connectivity index (χ1n) is 13.2. The first-order chi connectivity index (χ1) is 17.9. The van der Waals surface area contributed by atoms with Crippen molar-refractivity contribution in [2.24, 2.45) is 0 Å². The second-order valence-corrected chi connectivity index (χ2v) is 10.6. The molecule has 5 rings (SSSR count). The number of pyridine rings is 1. The van der Waals surface area contributed by atoms with E-state index in [4.69, 9.17) is 21.9 Å². The van der Waals surface area contributed by atoms with Crippen LogP contribution in [0.4, 0.5) is 5.69 Å².